The highest BCUT2D eigenvalue weighted by Crippen LogP contribution is 2.35. The number of pyridine rings is 1. The van der Waals surface area contributed by atoms with Gasteiger partial charge in [-0.2, -0.15) is 22.8 Å². The van der Waals surface area contributed by atoms with Gasteiger partial charge in [0, 0.05) is 11.1 Å². The van der Waals surface area contributed by atoms with E-state index in [1.807, 2.05) is 0 Å². The van der Waals surface area contributed by atoms with Crippen molar-refractivity contribution in [2.24, 2.45) is 0 Å². The van der Waals surface area contributed by atoms with Crippen LogP contribution in [0.4, 0.5) is 18.9 Å². The molecule has 2 aromatic heterocycles. The molecule has 0 aliphatic heterocycles. The Hall–Kier alpha value is -2.16. The van der Waals surface area contributed by atoms with Crippen LogP contribution in [0.15, 0.2) is 30.3 Å². The molecule has 0 fully saturated rings. The lowest BCUT2D eigenvalue weighted by Crippen LogP contribution is -2.14. The quantitative estimate of drug-likeness (QED) is 0.581. The largest absolute Gasteiger partial charge is 0.481 e. The number of alkyl halides is 3. The number of hydrogen-bond donors (Lipinski definition) is 1. The highest BCUT2D eigenvalue weighted by atomic mass is 35.5. The Morgan fingerprint density at radius 1 is 1.15 bits per heavy atom. The highest BCUT2D eigenvalue weighted by Gasteiger charge is 2.35. The van der Waals surface area contributed by atoms with Crippen LogP contribution in [0.2, 0.25) is 15.1 Å². The number of amides is 1. The van der Waals surface area contributed by atoms with Gasteiger partial charge in [0.15, 0.2) is 5.69 Å². The standard InChI is InChI=1S/C16H9Cl3F3N3O2/c1-27-13-3-2-8(11-6-12(16(20,21)22)24-25(11)13)15(26)23-14-9(18)4-7(17)5-10(14)19/h2-6H,1H3,(H,23,26). The van der Waals surface area contributed by atoms with Crippen LogP contribution in [-0.4, -0.2) is 22.6 Å². The molecule has 0 aliphatic carbocycles. The number of nitrogens with one attached hydrogen (secondary N) is 1. The van der Waals surface area contributed by atoms with Crippen molar-refractivity contribution in [3.05, 3.63) is 56.7 Å². The number of fused-ring (bicyclic) bond motifs is 1. The minimum Gasteiger partial charge on any atom is -0.481 e. The molecule has 0 radical (unpaired) electrons. The molecule has 2 heterocycles. The van der Waals surface area contributed by atoms with Gasteiger partial charge in [-0.15, -0.1) is 0 Å². The van der Waals surface area contributed by atoms with Crippen molar-refractivity contribution in [3.8, 4) is 5.88 Å². The maximum atomic E-state index is 13.0. The van der Waals surface area contributed by atoms with Gasteiger partial charge in [-0.05, 0) is 24.3 Å². The van der Waals surface area contributed by atoms with Crippen molar-refractivity contribution in [1.82, 2.24) is 9.61 Å². The number of benzene rings is 1. The van der Waals surface area contributed by atoms with Gasteiger partial charge in [0.05, 0.1) is 33.9 Å². The molecule has 0 unspecified atom stereocenters. The molecule has 0 saturated carbocycles. The number of ether oxygens (including phenoxy) is 1. The van der Waals surface area contributed by atoms with Crippen molar-refractivity contribution in [1.29, 1.82) is 0 Å². The number of carbonyl (C=O) groups excluding carboxylic acids is 1. The summed E-state index contributed by atoms with van der Waals surface area (Å²) in [7, 11) is 1.27. The lowest BCUT2D eigenvalue weighted by molar-refractivity contribution is -0.141. The summed E-state index contributed by atoms with van der Waals surface area (Å²) in [6, 6.07) is 6.12. The summed E-state index contributed by atoms with van der Waals surface area (Å²) in [5.74, 6) is -0.706. The number of anilines is 1. The SMILES string of the molecule is COc1ccc(C(=O)Nc2c(Cl)cc(Cl)cc2Cl)c2cc(C(F)(F)F)nn12. The van der Waals surface area contributed by atoms with E-state index in [0.717, 1.165) is 10.6 Å². The van der Waals surface area contributed by atoms with E-state index < -0.39 is 17.8 Å². The first-order valence-electron chi connectivity index (χ1n) is 7.21. The summed E-state index contributed by atoms with van der Waals surface area (Å²) in [4.78, 5) is 12.7. The van der Waals surface area contributed by atoms with Crippen LogP contribution < -0.4 is 10.1 Å². The maximum Gasteiger partial charge on any atom is 0.435 e. The van der Waals surface area contributed by atoms with E-state index >= 15 is 0 Å². The lowest BCUT2D eigenvalue weighted by atomic mass is 10.2. The molecule has 0 saturated heterocycles. The molecule has 3 rings (SSSR count). The fraction of sp³-hybridized carbons (Fsp3) is 0.125. The molecule has 0 spiro atoms. The predicted molar refractivity (Wildman–Crippen MR) is 96.2 cm³/mol. The van der Waals surface area contributed by atoms with Gasteiger partial charge in [0.2, 0.25) is 5.88 Å². The summed E-state index contributed by atoms with van der Waals surface area (Å²) in [6.07, 6.45) is -4.69. The van der Waals surface area contributed by atoms with E-state index in [2.05, 4.69) is 10.4 Å². The molecule has 142 valence electrons. The van der Waals surface area contributed by atoms with Gasteiger partial charge >= 0.3 is 6.18 Å². The van der Waals surface area contributed by atoms with Crippen molar-refractivity contribution < 1.29 is 22.7 Å². The summed E-state index contributed by atoms with van der Waals surface area (Å²) in [5, 5.41) is 6.37. The number of rotatable bonds is 3. The van der Waals surface area contributed by atoms with E-state index in [-0.39, 0.29) is 37.7 Å². The Bertz CT molecular complexity index is 1030. The molecule has 5 nitrogen and oxygen atoms in total. The summed E-state index contributed by atoms with van der Waals surface area (Å²) < 4.78 is 45.0. The van der Waals surface area contributed by atoms with Crippen LogP contribution in [0.5, 0.6) is 5.88 Å². The zero-order chi connectivity index (χ0) is 19.9. The highest BCUT2D eigenvalue weighted by molar-refractivity contribution is 6.42. The van der Waals surface area contributed by atoms with Gasteiger partial charge in [0.25, 0.3) is 5.91 Å². The monoisotopic (exact) mass is 437 g/mol. The van der Waals surface area contributed by atoms with Gasteiger partial charge in [-0.1, -0.05) is 34.8 Å². The second-order valence-corrected chi connectivity index (χ2v) is 6.56. The van der Waals surface area contributed by atoms with Crippen molar-refractivity contribution in [2.75, 3.05) is 12.4 Å². The third-order valence-corrected chi connectivity index (χ3v) is 4.39. The Kier molecular flexibility index (Phi) is 5.16. The summed E-state index contributed by atoms with van der Waals surface area (Å²) >= 11 is 17.9. The first-order valence-corrected chi connectivity index (χ1v) is 8.35. The zero-order valence-corrected chi connectivity index (χ0v) is 15.6. The molecule has 3 aromatic rings. The Labute approximate surface area is 165 Å². The second kappa shape index (κ2) is 7.10. The van der Waals surface area contributed by atoms with Crippen LogP contribution in [-0.2, 0) is 6.18 Å². The fourth-order valence-electron chi connectivity index (χ4n) is 2.38. The number of hydrogen-bond acceptors (Lipinski definition) is 3. The van der Waals surface area contributed by atoms with Gasteiger partial charge in [0.1, 0.15) is 0 Å². The maximum absolute atomic E-state index is 13.0. The summed E-state index contributed by atoms with van der Waals surface area (Å²) in [6.45, 7) is 0. The zero-order valence-electron chi connectivity index (χ0n) is 13.4. The number of carbonyl (C=O) groups is 1. The van der Waals surface area contributed by atoms with Crippen molar-refractivity contribution >= 4 is 51.9 Å². The Morgan fingerprint density at radius 3 is 2.33 bits per heavy atom. The van der Waals surface area contributed by atoms with Gasteiger partial charge in [-0.25, -0.2) is 0 Å². The molecule has 1 N–H and O–H groups in total. The van der Waals surface area contributed by atoms with E-state index in [1.54, 1.807) is 0 Å². The molecule has 1 aromatic carbocycles. The number of methoxy groups -OCH3 is 1. The van der Waals surface area contributed by atoms with Crippen molar-refractivity contribution in [2.45, 2.75) is 6.18 Å². The molecule has 0 atom stereocenters. The summed E-state index contributed by atoms with van der Waals surface area (Å²) in [5.41, 5.74) is -1.26. The number of nitrogens with zero attached hydrogens (tertiary/aromatic N) is 2. The molecule has 27 heavy (non-hydrogen) atoms. The molecule has 11 heteroatoms. The first-order chi connectivity index (χ1) is 12.6. The first kappa shape index (κ1) is 19.6. The van der Waals surface area contributed by atoms with Gasteiger partial charge < -0.3 is 10.1 Å². The minimum absolute atomic E-state index is 0.0274. The number of halogens is 6. The van der Waals surface area contributed by atoms with Crippen LogP contribution in [0.3, 0.4) is 0 Å². The van der Waals surface area contributed by atoms with Crippen molar-refractivity contribution in [3.63, 3.8) is 0 Å². The molecular weight excluding hydrogens is 430 g/mol. The van der Waals surface area contributed by atoms with E-state index in [4.69, 9.17) is 39.5 Å². The number of aromatic nitrogens is 2. The molecule has 0 bridgehead atoms. The van der Waals surface area contributed by atoms with Gasteiger partial charge in [-0.3, -0.25) is 4.79 Å². The fourth-order valence-corrected chi connectivity index (χ4v) is 3.29. The van der Waals surface area contributed by atoms with Crippen LogP contribution in [0.25, 0.3) is 5.52 Å². The van der Waals surface area contributed by atoms with E-state index in [0.29, 0.717) is 0 Å². The molecular formula is C16H9Cl3F3N3O2. The Balaban J connectivity index is 2.09. The average Bonchev–Trinajstić information content (AvgIpc) is 3.02. The third kappa shape index (κ3) is 3.78. The molecule has 0 aliphatic rings. The van der Waals surface area contributed by atoms with E-state index in [1.165, 1.54) is 31.4 Å². The minimum atomic E-state index is -4.69. The van der Waals surface area contributed by atoms with Crippen LogP contribution in [0.1, 0.15) is 16.1 Å². The van der Waals surface area contributed by atoms with E-state index in [9.17, 15) is 18.0 Å². The lowest BCUT2D eigenvalue weighted by Gasteiger charge is -2.11. The van der Waals surface area contributed by atoms with Crippen LogP contribution >= 0.6 is 34.8 Å². The Morgan fingerprint density at radius 2 is 1.78 bits per heavy atom. The second-order valence-electron chi connectivity index (χ2n) is 5.31. The average molecular weight is 439 g/mol. The van der Waals surface area contributed by atoms with Crippen LogP contribution in [0, 0.1) is 0 Å². The smallest absolute Gasteiger partial charge is 0.435 e. The third-order valence-electron chi connectivity index (χ3n) is 3.58. The molecule has 1 amide bonds. The predicted octanol–water partition coefficient (Wildman–Crippen LogP) is 5.57. The topological polar surface area (TPSA) is 55.6 Å². The normalized spacial score (nSPS) is 11.7.